The molecule has 2 heterocycles. The van der Waals surface area contributed by atoms with Gasteiger partial charge in [0.1, 0.15) is 16.2 Å². The van der Waals surface area contributed by atoms with Crippen LogP contribution >= 0.6 is 11.6 Å². The predicted octanol–water partition coefficient (Wildman–Crippen LogP) is 3.22. The Kier molecular flexibility index (Phi) is 6.07. The van der Waals surface area contributed by atoms with Gasteiger partial charge < -0.3 is 9.52 Å². The van der Waals surface area contributed by atoms with Gasteiger partial charge in [-0.3, -0.25) is 4.90 Å². The minimum atomic E-state index is -3.66. The summed E-state index contributed by atoms with van der Waals surface area (Å²) in [7, 11) is -3.66. The lowest BCUT2D eigenvalue weighted by Crippen LogP contribution is -2.48. The molecule has 4 rings (SSSR count). The highest BCUT2D eigenvalue weighted by Crippen LogP contribution is 2.28. The van der Waals surface area contributed by atoms with Crippen LogP contribution in [0.25, 0.3) is 11.0 Å². The van der Waals surface area contributed by atoms with E-state index in [1.807, 2.05) is 13.0 Å². The maximum absolute atomic E-state index is 12.9. The van der Waals surface area contributed by atoms with Gasteiger partial charge in [-0.2, -0.15) is 4.31 Å². The van der Waals surface area contributed by atoms with Crippen molar-refractivity contribution in [2.24, 2.45) is 0 Å². The first-order valence-electron chi connectivity index (χ1n) is 10.0. The van der Waals surface area contributed by atoms with Gasteiger partial charge >= 0.3 is 5.63 Å². The molecule has 1 N–H and O–H groups in total. The Hall–Kier alpha value is -2.39. The molecule has 1 aliphatic heterocycles. The molecule has 0 bridgehead atoms. The molecule has 31 heavy (non-hydrogen) atoms. The number of sulfonamides is 1. The normalized spacial score (nSPS) is 16.1. The highest BCUT2D eigenvalue weighted by molar-refractivity contribution is 7.89. The average Bonchev–Trinajstić information content (AvgIpc) is 2.74. The van der Waals surface area contributed by atoms with Gasteiger partial charge in [0.25, 0.3) is 0 Å². The van der Waals surface area contributed by atoms with Crippen LogP contribution in [0.3, 0.4) is 0 Å². The molecule has 0 spiro atoms. The van der Waals surface area contributed by atoms with Crippen molar-refractivity contribution in [3.63, 3.8) is 0 Å². The first kappa shape index (κ1) is 21.8. The number of aromatic hydroxyl groups is 1. The van der Waals surface area contributed by atoms with Crippen LogP contribution in [-0.2, 0) is 23.0 Å². The number of hydrogen-bond acceptors (Lipinski definition) is 6. The number of aryl methyl sites for hydroxylation is 1. The third-order valence-corrected chi connectivity index (χ3v) is 7.99. The molecular formula is C22H23ClN2O5S. The molecule has 0 saturated carbocycles. The Morgan fingerprint density at radius 3 is 2.45 bits per heavy atom. The van der Waals surface area contributed by atoms with Crippen LogP contribution in [0.4, 0.5) is 0 Å². The molecule has 2 aromatic carbocycles. The van der Waals surface area contributed by atoms with Crippen molar-refractivity contribution in [1.82, 2.24) is 9.21 Å². The number of fused-ring (bicyclic) bond motifs is 1. The number of piperazine rings is 1. The zero-order chi connectivity index (χ0) is 22.2. The monoisotopic (exact) mass is 462 g/mol. The molecule has 1 fully saturated rings. The van der Waals surface area contributed by atoms with Crippen molar-refractivity contribution in [1.29, 1.82) is 0 Å². The summed E-state index contributed by atoms with van der Waals surface area (Å²) in [4.78, 5) is 14.2. The molecular weight excluding hydrogens is 440 g/mol. The zero-order valence-electron chi connectivity index (χ0n) is 17.0. The van der Waals surface area contributed by atoms with E-state index in [1.165, 1.54) is 22.5 Å². The minimum absolute atomic E-state index is 0.105. The van der Waals surface area contributed by atoms with Gasteiger partial charge in [0.05, 0.1) is 5.02 Å². The van der Waals surface area contributed by atoms with E-state index in [0.29, 0.717) is 44.7 Å². The Bertz CT molecular complexity index is 1280. The summed E-state index contributed by atoms with van der Waals surface area (Å²) in [5.74, 6) is 0.105. The molecule has 0 unspecified atom stereocenters. The van der Waals surface area contributed by atoms with Gasteiger partial charge in [-0.1, -0.05) is 30.7 Å². The first-order chi connectivity index (χ1) is 14.8. The van der Waals surface area contributed by atoms with Crippen LogP contribution in [0.15, 0.2) is 56.6 Å². The molecule has 1 aromatic heterocycles. The standard InChI is InChI=1S/C22H23ClN2O5S/c1-2-15-11-17-16(12-22(27)30-20(17)13-19(15)26)14-24-7-9-25(10-8-24)31(28,29)21-6-4-3-5-18(21)23/h3-6,11-13,26H,2,7-10,14H2,1H3. The summed E-state index contributed by atoms with van der Waals surface area (Å²) in [6.45, 7) is 4.12. The molecule has 0 radical (unpaired) electrons. The largest absolute Gasteiger partial charge is 0.508 e. The van der Waals surface area contributed by atoms with Crippen molar-refractivity contribution >= 4 is 32.6 Å². The van der Waals surface area contributed by atoms with Gasteiger partial charge in [-0.25, -0.2) is 13.2 Å². The van der Waals surface area contributed by atoms with Crippen molar-refractivity contribution in [3.05, 3.63) is 69.0 Å². The maximum atomic E-state index is 12.9. The molecule has 0 aliphatic carbocycles. The SMILES string of the molecule is CCc1cc2c(CN3CCN(S(=O)(=O)c4ccccc4Cl)CC3)cc(=O)oc2cc1O. The van der Waals surface area contributed by atoms with E-state index in [4.69, 9.17) is 16.0 Å². The maximum Gasteiger partial charge on any atom is 0.336 e. The topological polar surface area (TPSA) is 91.1 Å². The summed E-state index contributed by atoms with van der Waals surface area (Å²) in [5, 5.41) is 11.1. The van der Waals surface area contributed by atoms with Crippen molar-refractivity contribution in [3.8, 4) is 5.75 Å². The molecule has 1 aliphatic rings. The number of hydrogen-bond donors (Lipinski definition) is 1. The Morgan fingerprint density at radius 1 is 1.06 bits per heavy atom. The summed E-state index contributed by atoms with van der Waals surface area (Å²) >= 11 is 6.10. The molecule has 7 nitrogen and oxygen atoms in total. The van der Waals surface area contributed by atoms with Crippen LogP contribution in [0, 0.1) is 0 Å². The highest BCUT2D eigenvalue weighted by atomic mass is 35.5. The van der Waals surface area contributed by atoms with Gasteiger partial charge in [0, 0.05) is 50.2 Å². The molecule has 9 heteroatoms. The number of nitrogens with zero attached hydrogens (tertiary/aromatic N) is 2. The minimum Gasteiger partial charge on any atom is -0.508 e. The smallest absolute Gasteiger partial charge is 0.336 e. The van der Waals surface area contributed by atoms with E-state index < -0.39 is 15.6 Å². The van der Waals surface area contributed by atoms with Crippen LogP contribution in [-0.4, -0.2) is 48.9 Å². The Balaban J connectivity index is 1.54. The van der Waals surface area contributed by atoms with E-state index in [9.17, 15) is 18.3 Å². The second-order valence-electron chi connectivity index (χ2n) is 7.53. The fourth-order valence-corrected chi connectivity index (χ4v) is 5.80. The molecule has 1 saturated heterocycles. The van der Waals surface area contributed by atoms with Crippen molar-refractivity contribution in [2.75, 3.05) is 26.2 Å². The lowest BCUT2D eigenvalue weighted by molar-refractivity contribution is 0.182. The van der Waals surface area contributed by atoms with Gasteiger partial charge in [-0.15, -0.1) is 0 Å². The van der Waals surface area contributed by atoms with Crippen molar-refractivity contribution in [2.45, 2.75) is 24.8 Å². The van der Waals surface area contributed by atoms with E-state index >= 15 is 0 Å². The molecule has 0 atom stereocenters. The lowest BCUT2D eigenvalue weighted by atomic mass is 10.0. The predicted molar refractivity (Wildman–Crippen MR) is 119 cm³/mol. The van der Waals surface area contributed by atoms with Crippen LogP contribution < -0.4 is 5.63 Å². The van der Waals surface area contributed by atoms with Crippen LogP contribution in [0.2, 0.25) is 5.02 Å². The number of phenols is 1. The second kappa shape index (κ2) is 8.63. The van der Waals surface area contributed by atoms with E-state index in [0.717, 1.165) is 16.5 Å². The highest BCUT2D eigenvalue weighted by Gasteiger charge is 2.30. The Labute approximate surface area is 185 Å². The van der Waals surface area contributed by atoms with Gasteiger partial charge in [-0.05, 0) is 35.7 Å². The second-order valence-corrected chi connectivity index (χ2v) is 9.85. The first-order valence-corrected chi connectivity index (χ1v) is 11.9. The molecule has 0 amide bonds. The summed E-state index contributed by atoms with van der Waals surface area (Å²) in [6, 6.07) is 11.2. The summed E-state index contributed by atoms with van der Waals surface area (Å²) in [5.41, 5.74) is 1.44. The fourth-order valence-electron chi connectivity index (χ4n) is 3.88. The fraction of sp³-hybridized carbons (Fsp3) is 0.318. The number of phenolic OH excluding ortho intramolecular Hbond substituents is 1. The number of benzene rings is 2. The third kappa shape index (κ3) is 4.34. The third-order valence-electron chi connectivity index (χ3n) is 5.59. The van der Waals surface area contributed by atoms with Crippen LogP contribution in [0.1, 0.15) is 18.1 Å². The van der Waals surface area contributed by atoms with E-state index in [2.05, 4.69) is 4.90 Å². The van der Waals surface area contributed by atoms with Crippen molar-refractivity contribution < 1.29 is 17.9 Å². The molecule has 3 aromatic rings. The van der Waals surface area contributed by atoms with Gasteiger partial charge in [0.2, 0.25) is 10.0 Å². The Morgan fingerprint density at radius 2 is 1.77 bits per heavy atom. The zero-order valence-corrected chi connectivity index (χ0v) is 18.6. The van der Waals surface area contributed by atoms with E-state index in [-0.39, 0.29) is 15.7 Å². The van der Waals surface area contributed by atoms with Gasteiger partial charge in [0.15, 0.2) is 0 Å². The van der Waals surface area contributed by atoms with E-state index in [1.54, 1.807) is 18.2 Å². The number of rotatable bonds is 5. The molecule has 164 valence electrons. The summed E-state index contributed by atoms with van der Waals surface area (Å²) in [6.07, 6.45) is 0.652. The quantitative estimate of drug-likeness (QED) is 0.585. The summed E-state index contributed by atoms with van der Waals surface area (Å²) < 4.78 is 32.6. The average molecular weight is 463 g/mol. The lowest BCUT2D eigenvalue weighted by Gasteiger charge is -2.34. The number of halogens is 1. The van der Waals surface area contributed by atoms with Crippen LogP contribution in [0.5, 0.6) is 5.75 Å².